The van der Waals surface area contributed by atoms with Gasteiger partial charge >= 0.3 is 5.97 Å². The molecule has 1 aliphatic heterocycles. The number of esters is 1. The number of para-hydroxylation sites is 1. The lowest BCUT2D eigenvalue weighted by atomic mass is 10.2. The number of anilines is 2. The van der Waals surface area contributed by atoms with Crippen molar-refractivity contribution in [2.24, 2.45) is 7.05 Å². The van der Waals surface area contributed by atoms with Crippen molar-refractivity contribution in [3.05, 3.63) is 34.7 Å². The Bertz CT molecular complexity index is 1050. The minimum absolute atomic E-state index is 0.0340. The van der Waals surface area contributed by atoms with Crippen LogP contribution in [-0.2, 0) is 11.8 Å². The average molecular weight is 393 g/mol. The van der Waals surface area contributed by atoms with Gasteiger partial charge in [0.25, 0.3) is 0 Å². The highest BCUT2D eigenvalue weighted by atomic mass is 35.5. The van der Waals surface area contributed by atoms with E-state index in [0.717, 1.165) is 0 Å². The standard InChI is InChI=1S/C17H14ClFN4O4/c1-23-12-14-13(26-6-7-27-14)11(16(24)25-2)20-15(12)22-17(23)21-10-8(18)4-3-5-9(10)19/h3-5H,6-7H2,1-2H3,(H,20,21,22). The van der Waals surface area contributed by atoms with Crippen molar-refractivity contribution in [2.75, 3.05) is 25.6 Å². The molecule has 0 saturated heterocycles. The van der Waals surface area contributed by atoms with E-state index in [4.69, 9.17) is 25.8 Å². The lowest BCUT2D eigenvalue weighted by molar-refractivity contribution is 0.0583. The smallest absolute Gasteiger partial charge is 0.360 e. The van der Waals surface area contributed by atoms with Gasteiger partial charge in [-0.15, -0.1) is 0 Å². The third-order valence-corrected chi connectivity index (χ3v) is 4.40. The maximum absolute atomic E-state index is 14.1. The quantitative estimate of drug-likeness (QED) is 0.685. The number of imidazole rings is 1. The Labute approximate surface area is 157 Å². The molecule has 0 amide bonds. The Morgan fingerprint density at radius 1 is 1.30 bits per heavy atom. The molecule has 4 rings (SSSR count). The summed E-state index contributed by atoms with van der Waals surface area (Å²) in [4.78, 5) is 20.7. The summed E-state index contributed by atoms with van der Waals surface area (Å²) < 4.78 is 31.8. The molecule has 8 nitrogen and oxygen atoms in total. The zero-order valence-electron chi connectivity index (χ0n) is 14.4. The van der Waals surface area contributed by atoms with Crippen molar-refractivity contribution < 1.29 is 23.4 Å². The minimum atomic E-state index is -0.670. The first-order valence-corrected chi connectivity index (χ1v) is 8.34. The fourth-order valence-electron chi connectivity index (χ4n) is 2.82. The number of carbonyl (C=O) groups is 1. The molecule has 2 aromatic heterocycles. The van der Waals surface area contributed by atoms with Crippen LogP contribution in [0.3, 0.4) is 0 Å². The number of ether oxygens (including phenoxy) is 3. The summed E-state index contributed by atoms with van der Waals surface area (Å²) in [7, 11) is 2.94. The average Bonchev–Trinajstić information content (AvgIpc) is 2.99. The van der Waals surface area contributed by atoms with Crippen LogP contribution in [0.5, 0.6) is 11.5 Å². The Hall–Kier alpha value is -3.07. The number of methoxy groups -OCH3 is 1. The van der Waals surface area contributed by atoms with Crippen molar-refractivity contribution in [2.45, 2.75) is 0 Å². The number of fused-ring (bicyclic) bond motifs is 3. The van der Waals surface area contributed by atoms with Crippen LogP contribution in [0.2, 0.25) is 5.02 Å². The number of carbonyl (C=O) groups excluding carboxylic acids is 1. The Morgan fingerprint density at radius 2 is 2.04 bits per heavy atom. The number of halogens is 2. The van der Waals surface area contributed by atoms with Crippen molar-refractivity contribution in [1.29, 1.82) is 0 Å². The van der Waals surface area contributed by atoms with E-state index in [0.29, 0.717) is 17.9 Å². The van der Waals surface area contributed by atoms with Gasteiger partial charge in [0.2, 0.25) is 5.95 Å². The molecule has 0 spiro atoms. The van der Waals surface area contributed by atoms with Crippen LogP contribution in [0, 0.1) is 5.82 Å². The number of nitrogens with one attached hydrogen (secondary N) is 1. The second-order valence-corrected chi connectivity index (χ2v) is 6.10. The summed E-state index contributed by atoms with van der Waals surface area (Å²) in [5.74, 6) is -0.411. The van der Waals surface area contributed by atoms with Gasteiger partial charge < -0.3 is 24.1 Å². The monoisotopic (exact) mass is 392 g/mol. The fraction of sp³-hybridized carbons (Fsp3) is 0.235. The second kappa shape index (κ2) is 6.58. The summed E-state index contributed by atoms with van der Waals surface area (Å²) in [5, 5.41) is 3.06. The van der Waals surface area contributed by atoms with Gasteiger partial charge in [-0.1, -0.05) is 17.7 Å². The molecule has 0 unspecified atom stereocenters. The lowest BCUT2D eigenvalue weighted by Crippen LogP contribution is -2.20. The van der Waals surface area contributed by atoms with Crippen molar-refractivity contribution in [1.82, 2.24) is 14.5 Å². The molecule has 1 aromatic carbocycles. The van der Waals surface area contributed by atoms with E-state index in [1.807, 2.05) is 0 Å². The minimum Gasteiger partial charge on any atom is -0.484 e. The molecule has 10 heteroatoms. The summed E-state index contributed by atoms with van der Waals surface area (Å²) in [5.41, 5.74) is 0.759. The van der Waals surface area contributed by atoms with Gasteiger partial charge in [0, 0.05) is 7.05 Å². The van der Waals surface area contributed by atoms with Crippen molar-refractivity contribution in [3.8, 4) is 11.5 Å². The first-order chi connectivity index (χ1) is 13.0. The summed E-state index contributed by atoms with van der Waals surface area (Å²) in [6.45, 7) is 0.581. The maximum atomic E-state index is 14.1. The predicted octanol–water partition coefficient (Wildman–Crippen LogP) is 3.06. The number of rotatable bonds is 3. The molecule has 3 heterocycles. The first-order valence-electron chi connectivity index (χ1n) is 7.96. The number of pyridine rings is 1. The summed E-state index contributed by atoms with van der Waals surface area (Å²) in [6.07, 6.45) is 0. The molecule has 3 aromatic rings. The van der Waals surface area contributed by atoms with Gasteiger partial charge in [0.1, 0.15) is 24.5 Å². The van der Waals surface area contributed by atoms with E-state index in [1.165, 1.54) is 19.2 Å². The van der Waals surface area contributed by atoms with Gasteiger partial charge in [-0.3, -0.25) is 0 Å². The van der Waals surface area contributed by atoms with Gasteiger partial charge in [-0.2, -0.15) is 4.98 Å². The Balaban J connectivity index is 1.90. The second-order valence-electron chi connectivity index (χ2n) is 5.70. The molecular formula is C17H14ClFN4O4. The van der Waals surface area contributed by atoms with Crippen LogP contribution in [0.15, 0.2) is 18.2 Å². The van der Waals surface area contributed by atoms with Gasteiger partial charge in [0.05, 0.1) is 17.8 Å². The number of hydrogen-bond donors (Lipinski definition) is 1. The van der Waals surface area contributed by atoms with E-state index in [2.05, 4.69) is 15.3 Å². The topological polar surface area (TPSA) is 87.5 Å². The number of aryl methyl sites for hydroxylation is 1. The molecule has 0 saturated carbocycles. The zero-order valence-corrected chi connectivity index (χ0v) is 15.1. The summed E-state index contributed by atoms with van der Waals surface area (Å²) >= 11 is 6.07. The van der Waals surface area contributed by atoms with E-state index >= 15 is 0 Å². The first kappa shape index (κ1) is 17.3. The molecule has 27 heavy (non-hydrogen) atoms. The molecule has 0 bridgehead atoms. The third-order valence-electron chi connectivity index (χ3n) is 4.09. The molecular weight excluding hydrogens is 379 g/mol. The van der Waals surface area contributed by atoms with E-state index in [1.54, 1.807) is 17.7 Å². The van der Waals surface area contributed by atoms with E-state index in [9.17, 15) is 9.18 Å². The summed E-state index contributed by atoms with van der Waals surface area (Å²) in [6, 6.07) is 4.34. The normalized spacial score (nSPS) is 12.9. The van der Waals surface area contributed by atoms with Crippen LogP contribution in [0.4, 0.5) is 16.0 Å². The largest absolute Gasteiger partial charge is 0.484 e. The maximum Gasteiger partial charge on any atom is 0.360 e. The number of aromatic nitrogens is 3. The third kappa shape index (κ3) is 2.80. The highest BCUT2D eigenvalue weighted by molar-refractivity contribution is 6.33. The number of nitrogens with zero attached hydrogens (tertiary/aromatic N) is 3. The van der Waals surface area contributed by atoms with Gasteiger partial charge in [-0.25, -0.2) is 14.2 Å². The molecule has 0 aliphatic carbocycles. The van der Waals surface area contributed by atoms with Crippen molar-refractivity contribution >= 4 is 40.4 Å². The van der Waals surface area contributed by atoms with Crippen molar-refractivity contribution in [3.63, 3.8) is 0 Å². The Kier molecular flexibility index (Phi) is 4.23. The molecule has 0 fully saturated rings. The molecule has 140 valence electrons. The molecule has 0 atom stereocenters. The van der Waals surface area contributed by atoms with Crippen LogP contribution in [-0.4, -0.2) is 40.8 Å². The van der Waals surface area contributed by atoms with Crippen LogP contribution in [0.25, 0.3) is 11.2 Å². The molecule has 0 radical (unpaired) electrons. The molecule has 1 aliphatic rings. The predicted molar refractivity (Wildman–Crippen MR) is 95.5 cm³/mol. The fourth-order valence-corrected chi connectivity index (χ4v) is 3.03. The lowest BCUT2D eigenvalue weighted by Gasteiger charge is -2.20. The number of hydrogen-bond acceptors (Lipinski definition) is 7. The highest BCUT2D eigenvalue weighted by Gasteiger charge is 2.29. The van der Waals surface area contributed by atoms with Gasteiger partial charge in [-0.05, 0) is 12.1 Å². The molecule has 1 N–H and O–H groups in total. The van der Waals surface area contributed by atoms with E-state index < -0.39 is 11.8 Å². The van der Waals surface area contributed by atoms with Crippen LogP contribution < -0.4 is 14.8 Å². The van der Waals surface area contributed by atoms with Crippen LogP contribution >= 0.6 is 11.6 Å². The highest BCUT2D eigenvalue weighted by Crippen LogP contribution is 2.41. The number of benzene rings is 1. The zero-order chi connectivity index (χ0) is 19.1. The van der Waals surface area contributed by atoms with E-state index in [-0.39, 0.29) is 40.4 Å². The Morgan fingerprint density at radius 3 is 2.74 bits per heavy atom. The SMILES string of the molecule is COC(=O)c1nc2nc(Nc3c(F)cccc3Cl)n(C)c2c2c1OCCO2. The van der Waals surface area contributed by atoms with Crippen LogP contribution in [0.1, 0.15) is 10.5 Å². The van der Waals surface area contributed by atoms with Gasteiger partial charge in [0.15, 0.2) is 22.8 Å².